The number of hydrogen-bond acceptors (Lipinski definition) is 3. The van der Waals surface area contributed by atoms with Gasteiger partial charge in [0.1, 0.15) is 0 Å². The lowest BCUT2D eigenvalue weighted by Gasteiger charge is -2.18. The third-order valence-electron chi connectivity index (χ3n) is 4.81. The number of Topliss-reactive ketones (excluding diaryl/α,β-unsaturated/α-hetero) is 2. The SMILES string of the molecule is CC1=C(C)C(=O)C(Cc2ccc(CCC(=O)NC(C)C)cc2)=C(C)C1=O. The number of rotatable bonds is 6. The van der Waals surface area contributed by atoms with E-state index in [0.29, 0.717) is 41.6 Å². The van der Waals surface area contributed by atoms with E-state index in [4.69, 9.17) is 0 Å². The van der Waals surface area contributed by atoms with E-state index in [1.165, 1.54) is 0 Å². The van der Waals surface area contributed by atoms with Crippen molar-refractivity contribution in [3.63, 3.8) is 0 Å². The molecule has 138 valence electrons. The molecule has 0 saturated carbocycles. The predicted molar refractivity (Wildman–Crippen MR) is 103 cm³/mol. The zero-order valence-electron chi connectivity index (χ0n) is 16.2. The number of aryl methyl sites for hydroxylation is 1. The zero-order chi connectivity index (χ0) is 19.4. The summed E-state index contributed by atoms with van der Waals surface area (Å²) in [5, 5.41) is 2.88. The molecule has 1 aliphatic carbocycles. The van der Waals surface area contributed by atoms with Gasteiger partial charge in [0.25, 0.3) is 0 Å². The second-order valence-corrected chi connectivity index (χ2v) is 7.23. The van der Waals surface area contributed by atoms with Crippen molar-refractivity contribution in [2.45, 2.75) is 59.9 Å². The fraction of sp³-hybridized carbons (Fsp3) is 0.409. The van der Waals surface area contributed by atoms with E-state index in [1.54, 1.807) is 20.8 Å². The molecule has 0 heterocycles. The van der Waals surface area contributed by atoms with Crippen LogP contribution in [0.3, 0.4) is 0 Å². The Hall–Kier alpha value is -2.49. The highest BCUT2D eigenvalue weighted by Crippen LogP contribution is 2.26. The average Bonchev–Trinajstić information content (AvgIpc) is 2.60. The van der Waals surface area contributed by atoms with Gasteiger partial charge in [-0.1, -0.05) is 24.3 Å². The Morgan fingerprint density at radius 1 is 0.885 bits per heavy atom. The third kappa shape index (κ3) is 4.57. The van der Waals surface area contributed by atoms with Crippen LogP contribution in [0, 0.1) is 0 Å². The Morgan fingerprint density at radius 2 is 1.42 bits per heavy atom. The van der Waals surface area contributed by atoms with Gasteiger partial charge in [-0.2, -0.15) is 0 Å². The summed E-state index contributed by atoms with van der Waals surface area (Å²) in [5.41, 5.74) is 4.30. The number of benzene rings is 1. The van der Waals surface area contributed by atoms with Crippen LogP contribution in [0.2, 0.25) is 0 Å². The summed E-state index contributed by atoms with van der Waals surface area (Å²) in [4.78, 5) is 36.5. The van der Waals surface area contributed by atoms with Gasteiger partial charge in [-0.25, -0.2) is 0 Å². The molecular weight excluding hydrogens is 326 g/mol. The molecule has 0 unspecified atom stereocenters. The summed E-state index contributed by atoms with van der Waals surface area (Å²) in [6.07, 6.45) is 1.59. The van der Waals surface area contributed by atoms with Crippen molar-refractivity contribution < 1.29 is 14.4 Å². The monoisotopic (exact) mass is 353 g/mol. The van der Waals surface area contributed by atoms with Gasteiger partial charge < -0.3 is 5.32 Å². The smallest absolute Gasteiger partial charge is 0.220 e. The van der Waals surface area contributed by atoms with E-state index in [-0.39, 0.29) is 23.5 Å². The number of carbonyl (C=O) groups excluding carboxylic acids is 3. The zero-order valence-corrected chi connectivity index (χ0v) is 16.2. The van der Waals surface area contributed by atoms with Crippen LogP contribution in [-0.2, 0) is 27.2 Å². The molecule has 0 atom stereocenters. The number of ketones is 2. The molecule has 1 aromatic carbocycles. The Balaban J connectivity index is 2.04. The maximum atomic E-state index is 12.5. The third-order valence-corrected chi connectivity index (χ3v) is 4.81. The summed E-state index contributed by atoms with van der Waals surface area (Å²) in [6.45, 7) is 9.04. The van der Waals surface area contributed by atoms with Gasteiger partial charge in [-0.3, -0.25) is 14.4 Å². The molecular formula is C22H27NO3. The first kappa shape index (κ1) is 19.8. The summed E-state index contributed by atoms with van der Waals surface area (Å²) < 4.78 is 0. The van der Waals surface area contributed by atoms with Crippen molar-refractivity contribution in [3.8, 4) is 0 Å². The molecule has 1 aliphatic rings. The van der Waals surface area contributed by atoms with Crippen molar-refractivity contribution in [2.24, 2.45) is 0 Å². The second kappa shape index (κ2) is 8.26. The van der Waals surface area contributed by atoms with E-state index < -0.39 is 0 Å². The van der Waals surface area contributed by atoms with Crippen LogP contribution < -0.4 is 5.32 Å². The molecule has 0 fully saturated rings. The molecule has 2 rings (SSSR count). The first-order valence-corrected chi connectivity index (χ1v) is 9.04. The van der Waals surface area contributed by atoms with Crippen LogP contribution in [0.4, 0.5) is 0 Å². The summed E-state index contributed by atoms with van der Waals surface area (Å²) in [5.74, 6) is -0.0206. The molecule has 26 heavy (non-hydrogen) atoms. The minimum Gasteiger partial charge on any atom is -0.354 e. The van der Waals surface area contributed by atoms with Crippen molar-refractivity contribution >= 4 is 17.5 Å². The lowest BCUT2D eigenvalue weighted by molar-refractivity contribution is -0.121. The highest BCUT2D eigenvalue weighted by Gasteiger charge is 2.27. The molecule has 4 heteroatoms. The minimum atomic E-state index is -0.0371. The number of carbonyl (C=O) groups is 3. The van der Waals surface area contributed by atoms with Crippen molar-refractivity contribution in [1.29, 1.82) is 0 Å². The Morgan fingerprint density at radius 3 is 2.00 bits per heavy atom. The standard InChI is InChI=1S/C22H27NO3/c1-13(2)23-20(24)11-10-17-6-8-18(9-7-17)12-19-16(5)21(25)14(3)15(4)22(19)26/h6-9,13H,10-12H2,1-5H3,(H,23,24). The van der Waals surface area contributed by atoms with E-state index in [2.05, 4.69) is 5.32 Å². The topological polar surface area (TPSA) is 63.2 Å². The fourth-order valence-electron chi connectivity index (χ4n) is 3.05. The van der Waals surface area contributed by atoms with Crippen LogP contribution >= 0.6 is 0 Å². The highest BCUT2D eigenvalue weighted by molar-refractivity contribution is 6.24. The maximum absolute atomic E-state index is 12.5. The lowest BCUT2D eigenvalue weighted by atomic mass is 9.83. The lowest BCUT2D eigenvalue weighted by Crippen LogP contribution is -2.30. The fourth-order valence-corrected chi connectivity index (χ4v) is 3.05. The summed E-state index contributed by atoms with van der Waals surface area (Å²) in [7, 11) is 0. The Kier molecular flexibility index (Phi) is 6.30. The normalized spacial score (nSPS) is 15.2. The largest absolute Gasteiger partial charge is 0.354 e. The molecule has 0 saturated heterocycles. The Labute approximate surface area is 155 Å². The van der Waals surface area contributed by atoms with E-state index in [1.807, 2.05) is 38.1 Å². The van der Waals surface area contributed by atoms with Crippen molar-refractivity contribution in [1.82, 2.24) is 5.32 Å². The minimum absolute atomic E-state index is 0.0333. The number of hydrogen-bond donors (Lipinski definition) is 1. The summed E-state index contributed by atoms with van der Waals surface area (Å²) in [6, 6.07) is 8.05. The van der Waals surface area contributed by atoms with Gasteiger partial charge in [0.05, 0.1) is 0 Å². The predicted octanol–water partition coefficient (Wildman–Crippen LogP) is 3.49. The maximum Gasteiger partial charge on any atom is 0.220 e. The van der Waals surface area contributed by atoms with Gasteiger partial charge in [-0.05, 0) is 52.2 Å². The van der Waals surface area contributed by atoms with Gasteiger partial charge in [0, 0.05) is 41.2 Å². The van der Waals surface area contributed by atoms with Crippen LogP contribution in [0.5, 0.6) is 0 Å². The quantitative estimate of drug-likeness (QED) is 0.796. The van der Waals surface area contributed by atoms with Crippen molar-refractivity contribution in [2.75, 3.05) is 0 Å². The molecule has 0 radical (unpaired) electrons. The molecule has 1 N–H and O–H groups in total. The number of nitrogens with one attached hydrogen (secondary N) is 1. The van der Waals surface area contributed by atoms with Gasteiger partial charge >= 0.3 is 0 Å². The van der Waals surface area contributed by atoms with E-state index in [0.717, 1.165) is 11.1 Å². The van der Waals surface area contributed by atoms with Crippen LogP contribution in [0.25, 0.3) is 0 Å². The number of amides is 1. The number of allylic oxidation sites excluding steroid dienone is 4. The second-order valence-electron chi connectivity index (χ2n) is 7.23. The molecule has 1 aromatic rings. The van der Waals surface area contributed by atoms with Crippen LogP contribution in [-0.4, -0.2) is 23.5 Å². The van der Waals surface area contributed by atoms with Crippen molar-refractivity contribution in [3.05, 3.63) is 57.7 Å². The van der Waals surface area contributed by atoms with Gasteiger partial charge in [0.2, 0.25) is 5.91 Å². The van der Waals surface area contributed by atoms with Crippen LogP contribution in [0.15, 0.2) is 46.6 Å². The van der Waals surface area contributed by atoms with Crippen LogP contribution in [0.1, 0.15) is 52.2 Å². The molecule has 0 bridgehead atoms. The molecule has 0 aliphatic heterocycles. The Bertz CT molecular complexity index is 795. The van der Waals surface area contributed by atoms with Gasteiger partial charge in [0.15, 0.2) is 11.6 Å². The molecule has 0 aromatic heterocycles. The first-order valence-electron chi connectivity index (χ1n) is 9.04. The van der Waals surface area contributed by atoms with E-state index >= 15 is 0 Å². The van der Waals surface area contributed by atoms with Gasteiger partial charge in [-0.15, -0.1) is 0 Å². The average molecular weight is 353 g/mol. The molecule has 0 spiro atoms. The first-order chi connectivity index (χ1) is 12.2. The molecule has 1 amide bonds. The van der Waals surface area contributed by atoms with E-state index in [9.17, 15) is 14.4 Å². The highest BCUT2D eigenvalue weighted by atomic mass is 16.2. The summed E-state index contributed by atoms with van der Waals surface area (Å²) >= 11 is 0. The molecule has 4 nitrogen and oxygen atoms in total.